The van der Waals surface area contributed by atoms with Crippen LogP contribution in [0.4, 0.5) is 4.39 Å². The summed E-state index contributed by atoms with van der Waals surface area (Å²) in [5, 5.41) is 0.553. The number of aromatic nitrogens is 2. The molecule has 0 bridgehead atoms. The number of rotatable bonds is 1. The molecule has 0 radical (unpaired) electrons. The molecule has 4 nitrogen and oxygen atoms in total. The summed E-state index contributed by atoms with van der Waals surface area (Å²) in [6.45, 7) is 0. The minimum atomic E-state index is -0.473. The Bertz CT molecular complexity index is 575. The van der Waals surface area contributed by atoms with E-state index < -0.39 is 5.97 Å². The SMILES string of the molecule is COC(=O)c1c2cc(F)ccc2n(C)[n+]1C. The van der Waals surface area contributed by atoms with Crippen LogP contribution in [0.5, 0.6) is 0 Å². The van der Waals surface area contributed by atoms with Crippen molar-refractivity contribution in [2.24, 2.45) is 14.1 Å². The topological polar surface area (TPSA) is 35.1 Å². The molecule has 0 fully saturated rings. The fourth-order valence-electron chi connectivity index (χ4n) is 1.80. The maximum atomic E-state index is 13.2. The third-order valence-electron chi connectivity index (χ3n) is 2.71. The molecule has 1 aromatic carbocycles. The molecule has 0 unspecified atom stereocenters. The molecule has 2 rings (SSSR count). The molecule has 16 heavy (non-hydrogen) atoms. The largest absolute Gasteiger partial charge is 0.461 e. The highest BCUT2D eigenvalue weighted by molar-refractivity contribution is 6.00. The van der Waals surface area contributed by atoms with Crippen LogP contribution >= 0.6 is 0 Å². The molecular weight excluding hydrogens is 211 g/mol. The van der Waals surface area contributed by atoms with Gasteiger partial charge in [-0.1, -0.05) is 0 Å². The van der Waals surface area contributed by atoms with E-state index in [1.807, 2.05) is 0 Å². The summed E-state index contributed by atoms with van der Waals surface area (Å²) >= 11 is 0. The van der Waals surface area contributed by atoms with E-state index in [0.29, 0.717) is 11.1 Å². The zero-order valence-corrected chi connectivity index (χ0v) is 9.32. The van der Waals surface area contributed by atoms with Crippen LogP contribution in [0.3, 0.4) is 0 Å². The lowest BCUT2D eigenvalue weighted by atomic mass is 10.2. The van der Waals surface area contributed by atoms with Crippen molar-refractivity contribution in [3.05, 3.63) is 29.7 Å². The lowest BCUT2D eigenvalue weighted by molar-refractivity contribution is -0.750. The van der Waals surface area contributed by atoms with Gasteiger partial charge in [0.1, 0.15) is 11.3 Å². The number of carbonyl (C=O) groups excluding carboxylic acids is 1. The summed E-state index contributed by atoms with van der Waals surface area (Å²) in [6, 6.07) is 4.34. The summed E-state index contributed by atoms with van der Waals surface area (Å²) in [6.07, 6.45) is 0. The predicted octanol–water partition coefficient (Wildman–Crippen LogP) is 0.929. The van der Waals surface area contributed by atoms with Crippen LogP contribution in [0, 0.1) is 5.82 Å². The van der Waals surface area contributed by atoms with Gasteiger partial charge in [0.2, 0.25) is 0 Å². The number of aryl methyl sites for hydroxylation is 1. The van der Waals surface area contributed by atoms with Crippen LogP contribution in [0.15, 0.2) is 18.2 Å². The maximum absolute atomic E-state index is 13.2. The Labute approximate surface area is 91.8 Å². The highest BCUT2D eigenvalue weighted by atomic mass is 19.1. The van der Waals surface area contributed by atoms with Gasteiger partial charge in [0.15, 0.2) is 7.05 Å². The zero-order chi connectivity index (χ0) is 11.9. The van der Waals surface area contributed by atoms with Crippen LogP contribution in [0.1, 0.15) is 10.5 Å². The average Bonchev–Trinajstić information content (AvgIpc) is 2.51. The number of benzene rings is 1. The summed E-state index contributed by atoms with van der Waals surface area (Å²) < 4.78 is 21.2. The maximum Gasteiger partial charge on any atom is 0.406 e. The predicted molar refractivity (Wildman–Crippen MR) is 55.4 cm³/mol. The number of fused-ring (bicyclic) bond motifs is 1. The van der Waals surface area contributed by atoms with Crippen LogP contribution < -0.4 is 4.68 Å². The minimum Gasteiger partial charge on any atom is -0.461 e. The molecule has 0 aliphatic carbocycles. The molecule has 0 amide bonds. The molecule has 1 heterocycles. The molecular formula is C11H12FN2O2+. The first-order valence-corrected chi connectivity index (χ1v) is 4.79. The van der Waals surface area contributed by atoms with Crippen molar-refractivity contribution in [1.82, 2.24) is 4.68 Å². The van der Waals surface area contributed by atoms with E-state index in [0.717, 1.165) is 5.52 Å². The Balaban J connectivity index is 2.85. The van der Waals surface area contributed by atoms with Gasteiger partial charge in [0.25, 0.3) is 0 Å². The number of nitrogens with zero attached hydrogens (tertiary/aromatic N) is 2. The molecule has 5 heteroatoms. The normalized spacial score (nSPS) is 10.8. The highest BCUT2D eigenvalue weighted by Crippen LogP contribution is 2.18. The molecule has 1 aromatic heterocycles. The third-order valence-corrected chi connectivity index (χ3v) is 2.71. The van der Waals surface area contributed by atoms with Gasteiger partial charge in [-0.05, 0) is 18.2 Å². The molecule has 0 saturated heterocycles. The van der Waals surface area contributed by atoms with Crippen LogP contribution in [0.25, 0.3) is 10.9 Å². The van der Waals surface area contributed by atoms with E-state index in [9.17, 15) is 9.18 Å². The molecule has 0 saturated carbocycles. The zero-order valence-electron chi connectivity index (χ0n) is 9.32. The molecule has 0 aliphatic heterocycles. The van der Waals surface area contributed by atoms with Crippen molar-refractivity contribution in [3.8, 4) is 0 Å². The highest BCUT2D eigenvalue weighted by Gasteiger charge is 2.27. The Kier molecular flexibility index (Phi) is 2.38. The Morgan fingerprint density at radius 1 is 1.50 bits per heavy atom. The number of esters is 1. The van der Waals surface area contributed by atoms with Crippen molar-refractivity contribution in [2.75, 3.05) is 7.11 Å². The second-order valence-electron chi connectivity index (χ2n) is 3.55. The first-order valence-electron chi connectivity index (χ1n) is 4.79. The average molecular weight is 223 g/mol. The van der Waals surface area contributed by atoms with Crippen LogP contribution in [-0.2, 0) is 18.8 Å². The quantitative estimate of drug-likeness (QED) is 0.532. The van der Waals surface area contributed by atoms with Gasteiger partial charge < -0.3 is 4.74 Å². The lowest BCUT2D eigenvalue weighted by Gasteiger charge is -1.93. The molecule has 0 aliphatic rings. The second kappa shape index (κ2) is 3.59. The molecule has 0 spiro atoms. The van der Waals surface area contributed by atoms with E-state index >= 15 is 0 Å². The van der Waals surface area contributed by atoms with Crippen molar-refractivity contribution in [3.63, 3.8) is 0 Å². The van der Waals surface area contributed by atoms with Gasteiger partial charge >= 0.3 is 11.7 Å². The first-order chi connectivity index (χ1) is 7.56. The minimum absolute atomic E-state index is 0.347. The standard InChI is InChI=1S/C11H12FN2O2/c1-13-9-5-4-7(12)6-8(9)10(14(13)2)11(15)16-3/h4-6H,1-3H3/q+1. The lowest BCUT2D eigenvalue weighted by Crippen LogP contribution is -2.42. The van der Waals surface area contributed by atoms with E-state index in [2.05, 4.69) is 4.74 Å². The number of hydrogen-bond acceptors (Lipinski definition) is 2. The van der Waals surface area contributed by atoms with Crippen molar-refractivity contribution in [2.45, 2.75) is 0 Å². The summed E-state index contributed by atoms with van der Waals surface area (Å²) in [5.74, 6) is -0.845. The molecule has 0 N–H and O–H groups in total. The van der Waals surface area contributed by atoms with Crippen molar-refractivity contribution >= 4 is 16.9 Å². The fourth-order valence-corrected chi connectivity index (χ4v) is 1.80. The van der Waals surface area contributed by atoms with Crippen LogP contribution in [-0.4, -0.2) is 17.8 Å². The number of ether oxygens (including phenoxy) is 1. The number of halogens is 1. The number of hydrogen-bond donors (Lipinski definition) is 0. The Hall–Kier alpha value is -1.91. The first kappa shape index (κ1) is 10.6. The van der Waals surface area contributed by atoms with E-state index in [1.165, 1.54) is 19.2 Å². The van der Waals surface area contributed by atoms with Gasteiger partial charge in [-0.15, -0.1) is 4.68 Å². The van der Waals surface area contributed by atoms with Crippen molar-refractivity contribution < 1.29 is 18.6 Å². The van der Waals surface area contributed by atoms with Crippen molar-refractivity contribution in [1.29, 1.82) is 0 Å². The van der Waals surface area contributed by atoms with E-state index in [-0.39, 0.29) is 5.82 Å². The number of carbonyl (C=O) groups is 1. The summed E-state index contributed by atoms with van der Waals surface area (Å²) in [7, 11) is 4.83. The van der Waals surface area contributed by atoms with Gasteiger partial charge in [0, 0.05) is 0 Å². The fraction of sp³-hybridized carbons (Fsp3) is 0.273. The Morgan fingerprint density at radius 3 is 2.81 bits per heavy atom. The summed E-state index contributed by atoms with van der Waals surface area (Å²) in [4.78, 5) is 11.6. The van der Waals surface area contributed by atoms with E-state index in [1.54, 1.807) is 29.5 Å². The Morgan fingerprint density at radius 2 is 2.19 bits per heavy atom. The van der Waals surface area contributed by atoms with Gasteiger partial charge in [-0.25, -0.2) is 9.18 Å². The smallest absolute Gasteiger partial charge is 0.406 e. The molecule has 2 aromatic rings. The molecule has 84 valence electrons. The summed E-state index contributed by atoms with van der Waals surface area (Å²) in [5.41, 5.74) is 1.13. The van der Waals surface area contributed by atoms with Gasteiger partial charge in [-0.3, -0.25) is 0 Å². The number of methoxy groups -OCH3 is 1. The second-order valence-corrected chi connectivity index (χ2v) is 3.55. The third kappa shape index (κ3) is 1.36. The van der Waals surface area contributed by atoms with Gasteiger partial charge in [-0.2, -0.15) is 4.68 Å². The monoisotopic (exact) mass is 223 g/mol. The van der Waals surface area contributed by atoms with Crippen LogP contribution in [0.2, 0.25) is 0 Å². The molecule has 0 atom stereocenters. The van der Waals surface area contributed by atoms with Gasteiger partial charge in [0.05, 0.1) is 19.5 Å². The van der Waals surface area contributed by atoms with E-state index in [4.69, 9.17) is 0 Å².